The van der Waals surface area contributed by atoms with E-state index in [9.17, 15) is 0 Å². The van der Waals surface area contributed by atoms with E-state index in [4.69, 9.17) is 11.1 Å². The molecule has 3 N–H and O–H groups in total. The minimum Gasteiger partial charge on any atom is -0.387 e. The van der Waals surface area contributed by atoms with Crippen LogP contribution in [0.4, 0.5) is 0 Å². The second-order valence-electron chi connectivity index (χ2n) is 4.60. The number of rotatable bonds is 4. The van der Waals surface area contributed by atoms with Gasteiger partial charge in [-0.2, -0.15) is 0 Å². The third-order valence-corrected chi connectivity index (χ3v) is 2.61. The van der Waals surface area contributed by atoms with Crippen LogP contribution in [0.2, 0.25) is 0 Å². The second kappa shape index (κ2) is 4.51. The Bertz CT molecular complexity index is 361. The van der Waals surface area contributed by atoms with E-state index in [1.807, 2.05) is 0 Å². The Morgan fingerprint density at radius 2 is 2.07 bits per heavy atom. The van der Waals surface area contributed by atoms with Crippen LogP contribution in [0.3, 0.4) is 0 Å². The number of amidine groups is 1. The van der Waals surface area contributed by atoms with Crippen LogP contribution in [0.25, 0.3) is 0 Å². The highest BCUT2D eigenvalue weighted by Crippen LogP contribution is 2.17. The van der Waals surface area contributed by atoms with Crippen LogP contribution in [-0.4, -0.2) is 10.4 Å². The van der Waals surface area contributed by atoms with E-state index in [0.29, 0.717) is 12.3 Å². The SMILES string of the molecule is Cc1cc(CC(=N)N)c(C)n1CC(C)C. The second-order valence-corrected chi connectivity index (χ2v) is 4.60. The lowest BCUT2D eigenvalue weighted by Gasteiger charge is -2.12. The fourth-order valence-corrected chi connectivity index (χ4v) is 1.90. The molecule has 1 heterocycles. The molecule has 0 aliphatic carbocycles. The van der Waals surface area contributed by atoms with E-state index in [2.05, 4.69) is 38.3 Å². The minimum absolute atomic E-state index is 0.236. The predicted molar refractivity (Wildman–Crippen MR) is 64.4 cm³/mol. The Hall–Kier alpha value is -1.25. The van der Waals surface area contributed by atoms with Crippen molar-refractivity contribution in [1.82, 2.24) is 4.57 Å². The molecule has 1 rings (SSSR count). The van der Waals surface area contributed by atoms with Crippen LogP contribution in [0.1, 0.15) is 30.8 Å². The zero-order valence-electron chi connectivity index (χ0n) is 10.1. The molecule has 0 amide bonds. The molecule has 3 heteroatoms. The fraction of sp³-hybridized carbons (Fsp3) is 0.583. The fourth-order valence-electron chi connectivity index (χ4n) is 1.90. The summed E-state index contributed by atoms with van der Waals surface area (Å²) in [7, 11) is 0. The van der Waals surface area contributed by atoms with Crippen molar-refractivity contribution in [2.45, 2.75) is 40.7 Å². The van der Waals surface area contributed by atoms with Crippen LogP contribution < -0.4 is 5.73 Å². The van der Waals surface area contributed by atoms with Crippen molar-refractivity contribution in [3.63, 3.8) is 0 Å². The molecule has 15 heavy (non-hydrogen) atoms. The number of nitrogens with two attached hydrogens (primary N) is 1. The van der Waals surface area contributed by atoms with Gasteiger partial charge in [0.1, 0.15) is 0 Å². The van der Waals surface area contributed by atoms with Crippen molar-refractivity contribution in [1.29, 1.82) is 5.41 Å². The van der Waals surface area contributed by atoms with Crippen LogP contribution >= 0.6 is 0 Å². The van der Waals surface area contributed by atoms with E-state index in [0.717, 1.165) is 6.54 Å². The molecule has 0 aliphatic heterocycles. The van der Waals surface area contributed by atoms with E-state index < -0.39 is 0 Å². The van der Waals surface area contributed by atoms with E-state index in [-0.39, 0.29) is 5.84 Å². The van der Waals surface area contributed by atoms with Crippen molar-refractivity contribution in [3.05, 3.63) is 23.0 Å². The lowest BCUT2D eigenvalue weighted by Crippen LogP contribution is -2.14. The number of hydrogen-bond donors (Lipinski definition) is 2. The molecule has 84 valence electrons. The van der Waals surface area contributed by atoms with Crippen molar-refractivity contribution in [3.8, 4) is 0 Å². The minimum atomic E-state index is 0.236. The monoisotopic (exact) mass is 207 g/mol. The lowest BCUT2D eigenvalue weighted by atomic mass is 10.1. The van der Waals surface area contributed by atoms with Gasteiger partial charge in [0.2, 0.25) is 0 Å². The summed E-state index contributed by atoms with van der Waals surface area (Å²) < 4.78 is 2.31. The summed E-state index contributed by atoms with van der Waals surface area (Å²) in [6.07, 6.45) is 0.567. The molecule has 0 radical (unpaired) electrons. The maximum absolute atomic E-state index is 7.32. The first kappa shape index (κ1) is 11.8. The average Bonchev–Trinajstić information content (AvgIpc) is 2.31. The highest BCUT2D eigenvalue weighted by molar-refractivity contribution is 5.79. The van der Waals surface area contributed by atoms with E-state index >= 15 is 0 Å². The summed E-state index contributed by atoms with van der Waals surface area (Å²) in [5.41, 5.74) is 9.12. The largest absolute Gasteiger partial charge is 0.387 e. The summed E-state index contributed by atoms with van der Waals surface area (Å²) in [6, 6.07) is 2.14. The molecule has 1 aromatic heterocycles. The molecule has 0 atom stereocenters. The molecule has 0 unspecified atom stereocenters. The van der Waals surface area contributed by atoms with Gasteiger partial charge in [-0.05, 0) is 31.4 Å². The third-order valence-electron chi connectivity index (χ3n) is 2.61. The van der Waals surface area contributed by atoms with Gasteiger partial charge >= 0.3 is 0 Å². The highest BCUT2D eigenvalue weighted by atomic mass is 15.0. The summed E-state index contributed by atoms with van der Waals surface area (Å²) in [5, 5.41) is 7.32. The Morgan fingerprint density at radius 1 is 1.47 bits per heavy atom. The van der Waals surface area contributed by atoms with Crippen LogP contribution in [0.5, 0.6) is 0 Å². The van der Waals surface area contributed by atoms with Gasteiger partial charge < -0.3 is 10.3 Å². The van der Waals surface area contributed by atoms with E-state index in [1.54, 1.807) is 0 Å². The first-order valence-electron chi connectivity index (χ1n) is 5.40. The number of hydrogen-bond acceptors (Lipinski definition) is 1. The molecular weight excluding hydrogens is 186 g/mol. The van der Waals surface area contributed by atoms with Crippen LogP contribution in [0.15, 0.2) is 6.07 Å². The zero-order chi connectivity index (χ0) is 11.6. The summed E-state index contributed by atoms with van der Waals surface area (Å²) in [6.45, 7) is 9.68. The molecule has 0 aliphatic rings. The summed E-state index contributed by atoms with van der Waals surface area (Å²) in [4.78, 5) is 0. The van der Waals surface area contributed by atoms with Gasteiger partial charge in [0.05, 0.1) is 5.84 Å². The molecule has 0 saturated heterocycles. The van der Waals surface area contributed by atoms with Crippen molar-refractivity contribution in [2.24, 2.45) is 11.7 Å². The zero-order valence-corrected chi connectivity index (χ0v) is 10.1. The maximum Gasteiger partial charge on any atom is 0.0950 e. The average molecular weight is 207 g/mol. The van der Waals surface area contributed by atoms with Crippen LogP contribution in [0, 0.1) is 25.2 Å². The lowest BCUT2D eigenvalue weighted by molar-refractivity contribution is 0.508. The molecule has 0 spiro atoms. The van der Waals surface area contributed by atoms with E-state index in [1.165, 1.54) is 17.0 Å². The number of aryl methyl sites for hydroxylation is 1. The Balaban J connectivity index is 2.98. The molecule has 0 saturated carbocycles. The van der Waals surface area contributed by atoms with Gasteiger partial charge in [-0.3, -0.25) is 5.41 Å². The Labute approximate surface area is 91.8 Å². The molecule has 0 fully saturated rings. The normalized spacial score (nSPS) is 11.0. The molecule has 3 nitrogen and oxygen atoms in total. The van der Waals surface area contributed by atoms with Crippen LogP contribution in [-0.2, 0) is 13.0 Å². The molecular formula is C12H21N3. The molecule has 0 bridgehead atoms. The van der Waals surface area contributed by atoms with Crippen molar-refractivity contribution >= 4 is 5.84 Å². The standard InChI is InChI=1S/C12H21N3/c1-8(2)7-15-9(3)5-11(10(15)4)6-12(13)14/h5,8H,6-7H2,1-4H3,(H3,13,14). The van der Waals surface area contributed by atoms with Gasteiger partial charge in [0.25, 0.3) is 0 Å². The number of aromatic nitrogens is 1. The quantitative estimate of drug-likeness (QED) is 0.577. The van der Waals surface area contributed by atoms with Gasteiger partial charge in [-0.25, -0.2) is 0 Å². The van der Waals surface area contributed by atoms with Gasteiger partial charge in [0, 0.05) is 24.4 Å². The Kier molecular flexibility index (Phi) is 3.56. The smallest absolute Gasteiger partial charge is 0.0950 e. The first-order valence-corrected chi connectivity index (χ1v) is 5.40. The van der Waals surface area contributed by atoms with Gasteiger partial charge in [-0.15, -0.1) is 0 Å². The maximum atomic E-state index is 7.32. The number of nitrogens with zero attached hydrogens (tertiary/aromatic N) is 1. The first-order chi connectivity index (χ1) is 6.91. The Morgan fingerprint density at radius 3 is 2.53 bits per heavy atom. The summed E-state index contributed by atoms with van der Waals surface area (Å²) >= 11 is 0. The van der Waals surface area contributed by atoms with Gasteiger partial charge in [0.15, 0.2) is 0 Å². The molecule has 1 aromatic rings. The van der Waals surface area contributed by atoms with Crippen molar-refractivity contribution in [2.75, 3.05) is 0 Å². The third kappa shape index (κ3) is 2.85. The summed E-state index contributed by atoms with van der Waals surface area (Å²) in [5.74, 6) is 0.875. The topological polar surface area (TPSA) is 54.8 Å². The predicted octanol–water partition coefficient (Wildman–Crippen LogP) is 2.24. The number of nitrogens with one attached hydrogen (secondary N) is 1. The van der Waals surface area contributed by atoms with Crippen molar-refractivity contribution < 1.29 is 0 Å². The highest BCUT2D eigenvalue weighted by Gasteiger charge is 2.10. The van der Waals surface area contributed by atoms with Gasteiger partial charge in [-0.1, -0.05) is 13.8 Å². The molecule has 0 aromatic carbocycles.